The minimum atomic E-state index is -1.65. The van der Waals surface area contributed by atoms with Crippen LogP contribution in [0.5, 0.6) is 0 Å². The lowest BCUT2D eigenvalue weighted by atomic mass is 10.0. The van der Waals surface area contributed by atoms with Gasteiger partial charge in [0.2, 0.25) is 23.6 Å². The molecular formula is C35H48N8O11. The number of carboxylic acids is 2. The highest BCUT2D eigenvalue weighted by Gasteiger charge is 2.32. The van der Waals surface area contributed by atoms with E-state index in [1.54, 1.807) is 36.4 Å². The van der Waals surface area contributed by atoms with Gasteiger partial charge >= 0.3 is 24.0 Å². The highest BCUT2D eigenvalue weighted by atomic mass is 16.4. The Balaban J connectivity index is 2.15. The first-order chi connectivity index (χ1) is 25.5. The van der Waals surface area contributed by atoms with Gasteiger partial charge in [-0.2, -0.15) is 0 Å². The van der Waals surface area contributed by atoms with E-state index < -0.39 is 97.2 Å². The van der Waals surface area contributed by atoms with Gasteiger partial charge in [-0.15, -0.1) is 0 Å². The fourth-order valence-corrected chi connectivity index (χ4v) is 4.96. The summed E-state index contributed by atoms with van der Waals surface area (Å²) < 4.78 is 0. The minimum Gasteiger partial charge on any atom is -0.481 e. The average molecular weight is 757 g/mol. The Bertz CT molecular complexity index is 1650. The number of aliphatic hydroxyl groups is 1. The number of urea groups is 2. The Morgan fingerprint density at radius 2 is 1.33 bits per heavy atom. The lowest BCUT2D eigenvalue weighted by Gasteiger charge is -2.26. The molecule has 0 aromatic heterocycles. The number of carbonyl (C=O) groups is 8. The molecule has 0 radical (unpaired) electrons. The van der Waals surface area contributed by atoms with Crippen molar-refractivity contribution in [3.05, 3.63) is 59.7 Å². The van der Waals surface area contributed by atoms with Gasteiger partial charge in [-0.25, -0.2) is 14.4 Å². The van der Waals surface area contributed by atoms with E-state index in [1.165, 1.54) is 13.8 Å². The number of carboxylic acid groups (broad SMARTS) is 2. The van der Waals surface area contributed by atoms with Crippen LogP contribution in [0.4, 0.5) is 21.0 Å². The molecule has 2 aromatic rings. The quantitative estimate of drug-likeness (QED) is 0.0763. The van der Waals surface area contributed by atoms with E-state index in [0.717, 1.165) is 5.56 Å². The molecule has 0 aliphatic rings. The number of anilines is 2. The van der Waals surface area contributed by atoms with Crippen molar-refractivity contribution in [2.75, 3.05) is 23.8 Å². The summed E-state index contributed by atoms with van der Waals surface area (Å²) in [5, 5.41) is 45.6. The first-order valence-electron chi connectivity index (χ1n) is 17.0. The molecule has 8 amide bonds. The number of hydrogen-bond donors (Lipinski definition) is 11. The molecule has 0 unspecified atom stereocenters. The Kier molecular flexibility index (Phi) is 17.9. The molecule has 0 saturated heterocycles. The second kappa shape index (κ2) is 22.0. The molecule has 0 aliphatic heterocycles. The highest BCUT2D eigenvalue weighted by molar-refractivity contribution is 6.00. The summed E-state index contributed by atoms with van der Waals surface area (Å²) in [7, 11) is 0. The van der Waals surface area contributed by atoms with Crippen molar-refractivity contribution < 1.29 is 53.7 Å². The van der Waals surface area contributed by atoms with Gasteiger partial charge in [0.25, 0.3) is 0 Å². The van der Waals surface area contributed by atoms with E-state index in [2.05, 4.69) is 37.2 Å². The van der Waals surface area contributed by atoms with Crippen LogP contribution < -0.4 is 43.0 Å². The van der Waals surface area contributed by atoms with E-state index in [9.17, 15) is 53.7 Å². The molecule has 0 saturated carbocycles. The number of nitrogens with one attached hydrogen (secondary N) is 7. The Hall–Kier alpha value is -6.24. The number of amides is 8. The van der Waals surface area contributed by atoms with Crippen molar-refractivity contribution in [1.82, 2.24) is 26.6 Å². The van der Waals surface area contributed by atoms with E-state index in [1.807, 2.05) is 19.1 Å². The summed E-state index contributed by atoms with van der Waals surface area (Å²) in [6, 6.07) is 6.43. The lowest BCUT2D eigenvalue weighted by molar-refractivity contribution is -0.143. The standard InChI is InChI=1S/C35H48N8O11/c1-19(2)29(33(51)52)43-32(50)26(18-44)41-31(49)25(14-15-28(46)47)40-30(48)24(9-6-16-37-34(36)53)39-27(45)17-21-10-12-22(13-11-21)38-35(54)42-23-8-5-4-7-20(23)3/h4-5,7-8,10-13,19,24-26,29,44H,6,9,14-18H2,1-3H3,(H,39,45)(H,40,48)(H,41,49)(H,43,50)(H,46,47)(H,51,52)(H3,36,37,53)(H2,38,42,54)/t24-,25-,26-,29-/m0/s1. The van der Waals surface area contributed by atoms with Gasteiger partial charge < -0.3 is 58.3 Å². The van der Waals surface area contributed by atoms with Crippen molar-refractivity contribution in [3.8, 4) is 0 Å². The fraction of sp³-hybridized carbons (Fsp3) is 0.429. The maximum Gasteiger partial charge on any atom is 0.326 e. The van der Waals surface area contributed by atoms with Crippen LogP contribution in [-0.2, 0) is 35.2 Å². The second-order valence-corrected chi connectivity index (χ2v) is 12.6. The highest BCUT2D eigenvalue weighted by Crippen LogP contribution is 2.15. The zero-order valence-electron chi connectivity index (χ0n) is 30.1. The molecule has 2 rings (SSSR count). The van der Waals surface area contributed by atoms with Crippen LogP contribution in [0.1, 0.15) is 50.7 Å². The van der Waals surface area contributed by atoms with Crippen molar-refractivity contribution >= 4 is 59.0 Å². The molecular weight excluding hydrogens is 708 g/mol. The van der Waals surface area contributed by atoms with Crippen LogP contribution in [0.2, 0.25) is 0 Å². The number of aliphatic carboxylic acids is 2. The largest absolute Gasteiger partial charge is 0.481 e. The molecule has 54 heavy (non-hydrogen) atoms. The minimum absolute atomic E-state index is 0.0325. The molecule has 4 atom stereocenters. The molecule has 294 valence electrons. The molecule has 0 spiro atoms. The Morgan fingerprint density at radius 3 is 1.89 bits per heavy atom. The average Bonchev–Trinajstić information content (AvgIpc) is 3.10. The van der Waals surface area contributed by atoms with Gasteiger partial charge in [-0.3, -0.25) is 24.0 Å². The summed E-state index contributed by atoms with van der Waals surface area (Å²) in [5.41, 5.74) is 7.57. The van der Waals surface area contributed by atoms with Crippen molar-refractivity contribution in [1.29, 1.82) is 0 Å². The van der Waals surface area contributed by atoms with Gasteiger partial charge in [0, 0.05) is 24.3 Å². The van der Waals surface area contributed by atoms with Crippen LogP contribution in [0, 0.1) is 12.8 Å². The zero-order chi connectivity index (χ0) is 40.4. The number of nitrogens with two attached hydrogens (primary N) is 1. The van der Waals surface area contributed by atoms with Crippen LogP contribution in [0.25, 0.3) is 0 Å². The SMILES string of the molecule is Cc1ccccc1NC(=O)Nc1ccc(CC(=O)N[C@@H](CCCNC(N)=O)C(=O)N[C@@H](CCC(=O)O)C(=O)N[C@@H](CO)C(=O)N[C@H](C(=O)O)C(C)C)cc1. The summed E-state index contributed by atoms with van der Waals surface area (Å²) in [5.74, 6) is -6.81. The van der Waals surface area contributed by atoms with Gasteiger partial charge in [-0.05, 0) is 61.4 Å². The van der Waals surface area contributed by atoms with Crippen LogP contribution >= 0.6 is 0 Å². The maximum absolute atomic E-state index is 13.5. The lowest BCUT2D eigenvalue weighted by Crippen LogP contribution is -2.59. The maximum atomic E-state index is 13.5. The number of aryl methyl sites for hydroxylation is 1. The van der Waals surface area contributed by atoms with Gasteiger partial charge in [0.05, 0.1) is 13.0 Å². The smallest absolute Gasteiger partial charge is 0.326 e. The van der Waals surface area contributed by atoms with Gasteiger partial charge in [-0.1, -0.05) is 44.2 Å². The third-order valence-corrected chi connectivity index (χ3v) is 7.92. The first kappa shape index (κ1) is 43.9. The summed E-state index contributed by atoms with van der Waals surface area (Å²) in [6.45, 7) is 4.00. The number of carbonyl (C=O) groups excluding carboxylic acids is 6. The van der Waals surface area contributed by atoms with Crippen molar-refractivity contribution in [2.24, 2.45) is 11.7 Å². The molecule has 2 aromatic carbocycles. The zero-order valence-corrected chi connectivity index (χ0v) is 30.1. The third-order valence-electron chi connectivity index (χ3n) is 7.92. The van der Waals surface area contributed by atoms with Gasteiger partial charge in [0.1, 0.15) is 24.2 Å². The van der Waals surface area contributed by atoms with E-state index in [4.69, 9.17) is 5.73 Å². The Morgan fingerprint density at radius 1 is 0.741 bits per heavy atom. The number of aliphatic hydroxyl groups excluding tert-OH is 1. The van der Waals surface area contributed by atoms with E-state index >= 15 is 0 Å². The van der Waals surface area contributed by atoms with Gasteiger partial charge in [0.15, 0.2) is 0 Å². The predicted octanol–water partition coefficient (Wildman–Crippen LogP) is 0.167. The fourth-order valence-electron chi connectivity index (χ4n) is 4.96. The topological polar surface area (TPSA) is 307 Å². The molecule has 0 fully saturated rings. The summed E-state index contributed by atoms with van der Waals surface area (Å²) in [4.78, 5) is 99.0. The molecule has 0 aliphatic carbocycles. The normalized spacial score (nSPS) is 12.9. The van der Waals surface area contributed by atoms with E-state index in [-0.39, 0.29) is 25.8 Å². The summed E-state index contributed by atoms with van der Waals surface area (Å²) >= 11 is 0. The van der Waals surface area contributed by atoms with Crippen LogP contribution in [-0.4, -0.2) is 100 Å². The van der Waals surface area contributed by atoms with E-state index in [0.29, 0.717) is 16.9 Å². The molecule has 19 nitrogen and oxygen atoms in total. The molecule has 12 N–H and O–H groups in total. The first-order valence-corrected chi connectivity index (χ1v) is 17.0. The second-order valence-electron chi connectivity index (χ2n) is 12.6. The Labute approximate surface area is 311 Å². The predicted molar refractivity (Wildman–Crippen MR) is 195 cm³/mol. The number of primary amides is 1. The number of rotatable bonds is 21. The van der Waals surface area contributed by atoms with Crippen LogP contribution in [0.3, 0.4) is 0 Å². The molecule has 0 bridgehead atoms. The number of benzene rings is 2. The van der Waals surface area contributed by atoms with Crippen molar-refractivity contribution in [2.45, 2.75) is 77.0 Å². The van der Waals surface area contributed by atoms with Crippen LogP contribution in [0.15, 0.2) is 48.5 Å². The summed E-state index contributed by atoms with van der Waals surface area (Å²) in [6.07, 6.45) is -1.17. The molecule has 0 heterocycles. The monoisotopic (exact) mass is 756 g/mol. The molecule has 19 heteroatoms. The number of hydrogen-bond acceptors (Lipinski definition) is 9. The number of para-hydroxylation sites is 1. The third kappa shape index (κ3) is 15.6. The van der Waals surface area contributed by atoms with Crippen molar-refractivity contribution in [3.63, 3.8) is 0 Å².